The maximum Gasteiger partial charge on any atom is 0.289 e. The van der Waals surface area contributed by atoms with Gasteiger partial charge in [0.05, 0.1) is 11.1 Å². The van der Waals surface area contributed by atoms with E-state index in [2.05, 4.69) is 20.7 Å². The maximum atomic E-state index is 12.9. The van der Waals surface area contributed by atoms with E-state index in [0.717, 1.165) is 36.7 Å². The SMILES string of the molecule is CC(C)Oc1ccc(C(=O)N2CCC(c3nc(C(=O)NNC(=O)C4CN(C)CCN4C)cs3)CC2)cc1. The van der Waals surface area contributed by atoms with Crippen LogP contribution in [0.15, 0.2) is 29.6 Å². The predicted molar refractivity (Wildman–Crippen MR) is 142 cm³/mol. The van der Waals surface area contributed by atoms with Crippen LogP contribution in [-0.2, 0) is 4.79 Å². The average Bonchev–Trinajstić information content (AvgIpc) is 3.39. The van der Waals surface area contributed by atoms with E-state index in [1.807, 2.05) is 49.9 Å². The van der Waals surface area contributed by atoms with Crippen molar-refractivity contribution in [2.45, 2.75) is 44.8 Å². The molecule has 11 heteroatoms. The van der Waals surface area contributed by atoms with Gasteiger partial charge in [0.25, 0.3) is 17.7 Å². The van der Waals surface area contributed by atoms with Crippen LogP contribution in [0.2, 0.25) is 0 Å². The van der Waals surface area contributed by atoms with Crippen LogP contribution in [0.1, 0.15) is 58.5 Å². The largest absolute Gasteiger partial charge is 0.491 e. The lowest BCUT2D eigenvalue weighted by molar-refractivity contribution is -0.128. The normalized spacial score (nSPS) is 19.6. The molecular weight excluding hydrogens is 492 g/mol. The second-order valence-corrected chi connectivity index (χ2v) is 10.9. The van der Waals surface area contributed by atoms with Crippen LogP contribution in [0.4, 0.5) is 0 Å². The van der Waals surface area contributed by atoms with Gasteiger partial charge in [-0.1, -0.05) is 0 Å². The number of hydrogen-bond donors (Lipinski definition) is 2. The number of rotatable bonds is 6. The van der Waals surface area contributed by atoms with E-state index in [-0.39, 0.29) is 35.6 Å². The second kappa shape index (κ2) is 12.0. The fourth-order valence-electron chi connectivity index (χ4n) is 4.60. The van der Waals surface area contributed by atoms with Crippen molar-refractivity contribution < 1.29 is 19.1 Å². The Balaban J connectivity index is 1.25. The van der Waals surface area contributed by atoms with Crippen molar-refractivity contribution in [2.24, 2.45) is 0 Å². The number of carbonyl (C=O) groups is 3. The molecule has 2 saturated heterocycles. The number of nitrogens with zero attached hydrogens (tertiary/aromatic N) is 4. The van der Waals surface area contributed by atoms with Gasteiger partial charge in [0, 0.05) is 49.6 Å². The third-order valence-electron chi connectivity index (χ3n) is 6.81. The summed E-state index contributed by atoms with van der Waals surface area (Å²) >= 11 is 1.44. The molecule has 1 atom stereocenters. The molecular formula is C26H36N6O4S. The molecule has 0 spiro atoms. The molecule has 10 nitrogen and oxygen atoms in total. The van der Waals surface area contributed by atoms with Crippen molar-refractivity contribution in [3.63, 3.8) is 0 Å². The lowest BCUT2D eigenvalue weighted by Crippen LogP contribution is -2.59. The molecule has 1 unspecified atom stereocenters. The number of thiazole rings is 1. The van der Waals surface area contributed by atoms with Gasteiger partial charge in [0.15, 0.2) is 0 Å². The van der Waals surface area contributed by atoms with Crippen LogP contribution < -0.4 is 15.6 Å². The molecule has 0 radical (unpaired) electrons. The van der Waals surface area contributed by atoms with Crippen molar-refractivity contribution in [3.8, 4) is 5.75 Å². The van der Waals surface area contributed by atoms with E-state index in [1.54, 1.807) is 17.5 Å². The molecule has 2 N–H and O–H groups in total. The van der Waals surface area contributed by atoms with Gasteiger partial charge in [-0.25, -0.2) is 4.98 Å². The van der Waals surface area contributed by atoms with E-state index in [1.165, 1.54) is 11.3 Å². The summed E-state index contributed by atoms with van der Waals surface area (Å²) in [7, 11) is 3.88. The number of ether oxygens (including phenoxy) is 1. The molecule has 0 bridgehead atoms. The van der Waals surface area contributed by atoms with Gasteiger partial charge in [0.1, 0.15) is 17.5 Å². The quantitative estimate of drug-likeness (QED) is 0.552. The average molecular weight is 529 g/mol. The second-order valence-electron chi connectivity index (χ2n) is 10.0. The summed E-state index contributed by atoms with van der Waals surface area (Å²) < 4.78 is 5.66. The topological polar surface area (TPSA) is 107 Å². The lowest BCUT2D eigenvalue weighted by atomic mass is 9.97. The van der Waals surface area contributed by atoms with Gasteiger partial charge in [-0.15, -0.1) is 11.3 Å². The number of piperidine rings is 1. The van der Waals surface area contributed by atoms with Crippen LogP contribution in [0, 0.1) is 0 Å². The minimum absolute atomic E-state index is 0.0132. The molecule has 4 rings (SSSR count). The number of aromatic nitrogens is 1. The zero-order valence-corrected chi connectivity index (χ0v) is 22.7. The Morgan fingerprint density at radius 3 is 2.41 bits per heavy atom. The first-order valence-corrected chi connectivity index (χ1v) is 13.6. The number of amides is 3. The highest BCUT2D eigenvalue weighted by atomic mass is 32.1. The Morgan fingerprint density at radius 2 is 1.73 bits per heavy atom. The number of carbonyl (C=O) groups excluding carboxylic acids is 3. The van der Waals surface area contributed by atoms with Crippen molar-refractivity contribution in [3.05, 3.63) is 45.9 Å². The highest BCUT2D eigenvalue weighted by Gasteiger charge is 2.30. The number of benzene rings is 1. The van der Waals surface area contributed by atoms with Crippen LogP contribution >= 0.6 is 11.3 Å². The monoisotopic (exact) mass is 528 g/mol. The fraction of sp³-hybridized carbons (Fsp3) is 0.538. The Hall–Kier alpha value is -3.02. The van der Waals surface area contributed by atoms with Gasteiger partial charge in [-0.05, 0) is 65.0 Å². The molecule has 200 valence electrons. The summed E-state index contributed by atoms with van der Waals surface area (Å²) in [5, 5.41) is 2.60. The Kier molecular flexibility index (Phi) is 8.78. The van der Waals surface area contributed by atoms with Crippen molar-refractivity contribution in [1.29, 1.82) is 0 Å². The van der Waals surface area contributed by atoms with Crippen LogP contribution in [0.5, 0.6) is 5.75 Å². The Morgan fingerprint density at radius 1 is 1.03 bits per heavy atom. The first-order chi connectivity index (χ1) is 17.7. The van der Waals surface area contributed by atoms with Gasteiger partial charge in [-0.3, -0.25) is 30.1 Å². The molecule has 2 aliphatic rings. The number of hydrazine groups is 1. The van der Waals surface area contributed by atoms with E-state index >= 15 is 0 Å². The molecule has 0 saturated carbocycles. The Bertz CT molecular complexity index is 1100. The first kappa shape index (κ1) is 27.0. The summed E-state index contributed by atoms with van der Waals surface area (Å²) in [4.78, 5) is 48.5. The number of hydrogen-bond acceptors (Lipinski definition) is 8. The fourth-order valence-corrected chi connectivity index (χ4v) is 5.57. The Labute approximate surface area is 221 Å². The third kappa shape index (κ3) is 6.85. The van der Waals surface area contributed by atoms with Crippen molar-refractivity contribution >= 4 is 29.1 Å². The smallest absolute Gasteiger partial charge is 0.289 e. The van der Waals surface area contributed by atoms with Crippen molar-refractivity contribution in [1.82, 2.24) is 30.5 Å². The number of likely N-dealkylation sites (tertiary alicyclic amines) is 1. The number of nitrogens with one attached hydrogen (secondary N) is 2. The highest BCUT2D eigenvalue weighted by molar-refractivity contribution is 7.09. The predicted octanol–water partition coefficient (Wildman–Crippen LogP) is 1.96. The molecule has 0 aliphatic carbocycles. The molecule has 2 aromatic rings. The van der Waals surface area contributed by atoms with Crippen molar-refractivity contribution in [2.75, 3.05) is 46.8 Å². The molecule has 1 aromatic heterocycles. The molecule has 3 heterocycles. The standard InChI is InChI=1S/C26H36N6O4S/c1-17(2)36-20-7-5-19(6-8-20)26(35)32-11-9-18(10-12-32)25-27-21(16-37-25)23(33)28-29-24(34)22-15-30(3)13-14-31(22)4/h5-8,16-18,22H,9-15H2,1-4H3,(H,28,33)(H,29,34). The highest BCUT2D eigenvalue weighted by Crippen LogP contribution is 2.31. The maximum absolute atomic E-state index is 12.9. The molecule has 3 amide bonds. The van der Waals surface area contributed by atoms with Gasteiger partial charge in [-0.2, -0.15) is 0 Å². The van der Waals surface area contributed by atoms with E-state index in [4.69, 9.17) is 4.74 Å². The van der Waals surface area contributed by atoms with E-state index < -0.39 is 5.91 Å². The summed E-state index contributed by atoms with van der Waals surface area (Å²) in [6, 6.07) is 6.96. The molecule has 2 aliphatic heterocycles. The van der Waals surface area contributed by atoms with E-state index in [0.29, 0.717) is 25.2 Å². The summed E-state index contributed by atoms with van der Waals surface area (Å²) in [5.74, 6) is 0.289. The number of piperazine rings is 1. The zero-order valence-electron chi connectivity index (χ0n) is 21.9. The zero-order chi connectivity index (χ0) is 26.5. The van der Waals surface area contributed by atoms with Gasteiger partial charge in [0.2, 0.25) is 0 Å². The van der Waals surface area contributed by atoms with Gasteiger partial charge >= 0.3 is 0 Å². The first-order valence-electron chi connectivity index (χ1n) is 12.7. The molecule has 37 heavy (non-hydrogen) atoms. The van der Waals surface area contributed by atoms with E-state index in [9.17, 15) is 14.4 Å². The van der Waals surface area contributed by atoms with Gasteiger partial charge < -0.3 is 14.5 Å². The van der Waals surface area contributed by atoms with Crippen LogP contribution in [0.3, 0.4) is 0 Å². The minimum Gasteiger partial charge on any atom is -0.491 e. The van der Waals surface area contributed by atoms with Crippen LogP contribution in [-0.4, -0.2) is 96.4 Å². The summed E-state index contributed by atoms with van der Waals surface area (Å²) in [6.07, 6.45) is 1.66. The molecule has 2 fully saturated rings. The summed E-state index contributed by atoms with van der Waals surface area (Å²) in [6.45, 7) is 7.51. The molecule has 1 aromatic carbocycles. The summed E-state index contributed by atoms with van der Waals surface area (Å²) in [5.41, 5.74) is 5.98. The lowest BCUT2D eigenvalue weighted by Gasteiger charge is -2.36. The third-order valence-corrected chi connectivity index (χ3v) is 7.82. The van der Waals surface area contributed by atoms with Crippen LogP contribution in [0.25, 0.3) is 0 Å². The minimum atomic E-state index is -0.430. The number of likely N-dealkylation sites (N-methyl/N-ethyl adjacent to an activating group) is 2.